The van der Waals surface area contributed by atoms with Crippen LogP contribution in [0, 0.1) is 0 Å². The molecule has 3 nitrogen and oxygen atoms in total. The first-order valence-corrected chi connectivity index (χ1v) is 8.98. The summed E-state index contributed by atoms with van der Waals surface area (Å²) in [6, 6.07) is 15.1. The SMILES string of the molecule is CC(C)c1ccc(NC(=O)c2cccc(CS(C)=O)c2)cc1. The standard InChI is InChI=1S/C18H21NO2S/c1-13(2)15-7-9-17(10-8-15)19-18(20)16-6-4-5-14(11-16)12-22(3)21/h4-11,13H,12H2,1-3H3,(H,19,20). The summed E-state index contributed by atoms with van der Waals surface area (Å²) in [4.78, 5) is 12.3. The van der Waals surface area contributed by atoms with E-state index in [2.05, 4.69) is 19.2 Å². The lowest BCUT2D eigenvalue weighted by atomic mass is 10.0. The van der Waals surface area contributed by atoms with Gasteiger partial charge in [-0.3, -0.25) is 9.00 Å². The van der Waals surface area contributed by atoms with E-state index in [9.17, 15) is 9.00 Å². The Bertz CT molecular complexity index is 678. The molecule has 0 heterocycles. The van der Waals surface area contributed by atoms with Gasteiger partial charge in [-0.2, -0.15) is 0 Å². The first-order chi connectivity index (χ1) is 10.5. The highest BCUT2D eigenvalue weighted by molar-refractivity contribution is 7.83. The van der Waals surface area contributed by atoms with Crippen LogP contribution >= 0.6 is 0 Å². The number of carbonyl (C=O) groups excluding carboxylic acids is 1. The Kier molecular flexibility index (Phi) is 5.50. The van der Waals surface area contributed by atoms with Crippen molar-refractivity contribution in [1.82, 2.24) is 0 Å². The van der Waals surface area contributed by atoms with Crippen LogP contribution < -0.4 is 5.32 Å². The van der Waals surface area contributed by atoms with Crippen LogP contribution in [0.2, 0.25) is 0 Å². The second kappa shape index (κ2) is 7.36. The van der Waals surface area contributed by atoms with E-state index in [0.29, 0.717) is 17.2 Å². The van der Waals surface area contributed by atoms with Gasteiger partial charge in [0.05, 0.1) is 0 Å². The predicted molar refractivity (Wildman–Crippen MR) is 92.7 cm³/mol. The Morgan fingerprint density at radius 1 is 1.14 bits per heavy atom. The summed E-state index contributed by atoms with van der Waals surface area (Å²) >= 11 is 0. The van der Waals surface area contributed by atoms with E-state index in [-0.39, 0.29) is 5.91 Å². The maximum Gasteiger partial charge on any atom is 0.255 e. The van der Waals surface area contributed by atoms with Gasteiger partial charge in [-0.05, 0) is 41.3 Å². The molecule has 0 aliphatic heterocycles. The van der Waals surface area contributed by atoms with Gasteiger partial charge in [-0.15, -0.1) is 0 Å². The summed E-state index contributed by atoms with van der Waals surface area (Å²) in [6.45, 7) is 4.27. The van der Waals surface area contributed by atoms with Gasteiger partial charge in [0.25, 0.3) is 5.91 Å². The normalized spacial score (nSPS) is 12.2. The second-order valence-electron chi connectivity index (χ2n) is 5.65. The lowest BCUT2D eigenvalue weighted by Gasteiger charge is -2.09. The van der Waals surface area contributed by atoms with Crippen molar-refractivity contribution in [3.63, 3.8) is 0 Å². The van der Waals surface area contributed by atoms with Gasteiger partial charge in [0.2, 0.25) is 0 Å². The van der Waals surface area contributed by atoms with Gasteiger partial charge in [0.15, 0.2) is 0 Å². The summed E-state index contributed by atoms with van der Waals surface area (Å²) in [7, 11) is -0.915. The van der Waals surface area contributed by atoms with Gasteiger partial charge in [-0.1, -0.05) is 38.1 Å². The topological polar surface area (TPSA) is 46.2 Å². The van der Waals surface area contributed by atoms with Gasteiger partial charge < -0.3 is 5.32 Å². The first kappa shape index (κ1) is 16.4. The maximum atomic E-state index is 12.3. The minimum atomic E-state index is -0.915. The molecule has 1 unspecified atom stereocenters. The maximum absolute atomic E-state index is 12.3. The Hall–Kier alpha value is -1.94. The number of rotatable bonds is 5. The fraction of sp³-hybridized carbons (Fsp3) is 0.278. The molecule has 116 valence electrons. The summed E-state index contributed by atoms with van der Waals surface area (Å²) in [5, 5.41) is 2.89. The zero-order chi connectivity index (χ0) is 16.1. The predicted octanol–water partition coefficient (Wildman–Crippen LogP) is 3.94. The van der Waals surface area contributed by atoms with Crippen LogP contribution in [-0.4, -0.2) is 16.4 Å². The van der Waals surface area contributed by atoms with E-state index in [1.54, 1.807) is 18.4 Å². The van der Waals surface area contributed by atoms with Crippen LogP contribution in [0.3, 0.4) is 0 Å². The molecule has 22 heavy (non-hydrogen) atoms. The number of amides is 1. The van der Waals surface area contributed by atoms with Crippen molar-refractivity contribution in [2.24, 2.45) is 0 Å². The average molecular weight is 315 g/mol. The Balaban J connectivity index is 2.10. The van der Waals surface area contributed by atoms with E-state index in [1.165, 1.54) is 5.56 Å². The average Bonchev–Trinajstić information content (AvgIpc) is 2.47. The lowest BCUT2D eigenvalue weighted by Crippen LogP contribution is -2.12. The minimum absolute atomic E-state index is 0.152. The Labute approximate surface area is 134 Å². The van der Waals surface area contributed by atoms with Crippen molar-refractivity contribution in [3.8, 4) is 0 Å². The molecule has 1 N–H and O–H groups in total. The molecule has 0 aliphatic carbocycles. The van der Waals surface area contributed by atoms with E-state index >= 15 is 0 Å². The summed E-state index contributed by atoms with van der Waals surface area (Å²) in [6.07, 6.45) is 1.66. The highest BCUT2D eigenvalue weighted by Gasteiger charge is 2.08. The van der Waals surface area contributed by atoms with Crippen LogP contribution in [-0.2, 0) is 16.6 Å². The number of benzene rings is 2. The van der Waals surface area contributed by atoms with E-state index in [1.807, 2.05) is 36.4 Å². The van der Waals surface area contributed by atoms with Crippen molar-refractivity contribution in [2.75, 3.05) is 11.6 Å². The van der Waals surface area contributed by atoms with Crippen LogP contribution in [0.15, 0.2) is 48.5 Å². The number of hydrogen-bond acceptors (Lipinski definition) is 2. The molecule has 1 amide bonds. The molecule has 0 radical (unpaired) electrons. The third-order valence-corrected chi connectivity index (χ3v) is 4.13. The highest BCUT2D eigenvalue weighted by Crippen LogP contribution is 2.18. The highest BCUT2D eigenvalue weighted by atomic mass is 32.2. The summed E-state index contributed by atoms with van der Waals surface area (Å²) < 4.78 is 11.3. The van der Waals surface area contributed by atoms with Gasteiger partial charge in [0.1, 0.15) is 0 Å². The molecular weight excluding hydrogens is 294 g/mol. The van der Waals surface area contributed by atoms with E-state index < -0.39 is 10.8 Å². The molecule has 0 aliphatic rings. The molecule has 0 saturated heterocycles. The quantitative estimate of drug-likeness (QED) is 0.908. The smallest absolute Gasteiger partial charge is 0.255 e. The molecule has 0 aromatic heterocycles. The fourth-order valence-electron chi connectivity index (χ4n) is 2.19. The van der Waals surface area contributed by atoms with Crippen LogP contribution in [0.1, 0.15) is 41.3 Å². The number of hydrogen-bond donors (Lipinski definition) is 1. The molecule has 0 spiro atoms. The van der Waals surface area contributed by atoms with Crippen LogP contribution in [0.4, 0.5) is 5.69 Å². The molecule has 0 bridgehead atoms. The molecule has 2 aromatic rings. The second-order valence-corrected chi connectivity index (χ2v) is 7.08. The minimum Gasteiger partial charge on any atom is -0.322 e. The molecule has 4 heteroatoms. The molecule has 2 rings (SSSR count). The van der Waals surface area contributed by atoms with Crippen molar-refractivity contribution in [1.29, 1.82) is 0 Å². The largest absolute Gasteiger partial charge is 0.322 e. The third kappa shape index (κ3) is 4.53. The van der Waals surface area contributed by atoms with Crippen molar-refractivity contribution in [3.05, 3.63) is 65.2 Å². The van der Waals surface area contributed by atoms with Gasteiger partial charge in [0, 0.05) is 34.1 Å². The third-order valence-electron chi connectivity index (χ3n) is 3.39. The van der Waals surface area contributed by atoms with Crippen molar-refractivity contribution >= 4 is 22.4 Å². The monoisotopic (exact) mass is 315 g/mol. The van der Waals surface area contributed by atoms with Crippen molar-refractivity contribution in [2.45, 2.75) is 25.5 Å². The summed E-state index contributed by atoms with van der Waals surface area (Å²) in [5.74, 6) is 0.780. The molecule has 0 saturated carbocycles. The zero-order valence-corrected chi connectivity index (χ0v) is 13.9. The molecule has 2 aromatic carbocycles. The number of anilines is 1. The molecule has 0 fully saturated rings. The number of nitrogens with one attached hydrogen (secondary N) is 1. The molecule has 1 atom stereocenters. The fourth-order valence-corrected chi connectivity index (χ4v) is 2.84. The Morgan fingerprint density at radius 2 is 1.82 bits per heavy atom. The van der Waals surface area contributed by atoms with E-state index in [0.717, 1.165) is 11.3 Å². The molecular formula is C18H21NO2S. The van der Waals surface area contributed by atoms with Gasteiger partial charge >= 0.3 is 0 Å². The van der Waals surface area contributed by atoms with Crippen LogP contribution in [0.25, 0.3) is 0 Å². The van der Waals surface area contributed by atoms with Gasteiger partial charge in [-0.25, -0.2) is 0 Å². The first-order valence-electron chi connectivity index (χ1n) is 7.26. The number of carbonyl (C=O) groups is 1. The van der Waals surface area contributed by atoms with Crippen LogP contribution in [0.5, 0.6) is 0 Å². The van der Waals surface area contributed by atoms with Crippen molar-refractivity contribution < 1.29 is 9.00 Å². The zero-order valence-electron chi connectivity index (χ0n) is 13.1. The Morgan fingerprint density at radius 3 is 2.41 bits per heavy atom. The summed E-state index contributed by atoms with van der Waals surface area (Å²) in [5.41, 5.74) is 3.50. The van der Waals surface area contributed by atoms with E-state index in [4.69, 9.17) is 0 Å². The lowest BCUT2D eigenvalue weighted by molar-refractivity contribution is 0.102.